The Morgan fingerprint density at radius 2 is 1.77 bits per heavy atom. The van der Waals surface area contributed by atoms with Gasteiger partial charge in [-0.3, -0.25) is 4.57 Å². The fraction of sp³-hybridized carbons (Fsp3) is 0.286. The molecular weight excluding hydrogens is 603 g/mol. The molecule has 4 aromatic rings. The topological polar surface area (TPSA) is 258 Å². The van der Waals surface area contributed by atoms with Gasteiger partial charge in [0.05, 0.1) is 32.6 Å². The molecule has 2 heterocycles. The van der Waals surface area contributed by atoms with E-state index in [1.54, 1.807) is 26.3 Å². The number of hydrogen-bond acceptors (Lipinski definition) is 11. The van der Waals surface area contributed by atoms with E-state index in [0.29, 0.717) is 22.4 Å². The van der Waals surface area contributed by atoms with Crippen molar-refractivity contribution >= 4 is 99.4 Å². The molecule has 1 unspecified atom stereocenters. The number of fused-ring (bicyclic) bond motifs is 2. The van der Waals surface area contributed by atoms with Crippen molar-refractivity contribution in [1.82, 2.24) is 15.0 Å². The second-order valence-corrected chi connectivity index (χ2v) is 13.2. The van der Waals surface area contributed by atoms with Gasteiger partial charge in [-0.05, 0) is 45.0 Å². The van der Waals surface area contributed by atoms with Gasteiger partial charge in [0.25, 0.3) is 7.82 Å². The summed E-state index contributed by atoms with van der Waals surface area (Å²) >= 11 is 1.52. The minimum Gasteiger partial charge on any atom is -1.00 e. The number of nitrogens with zero attached hydrogens (tertiary/aromatic N) is 3. The molecule has 0 bridgehead atoms. The molecule has 0 fully saturated rings. The van der Waals surface area contributed by atoms with Crippen molar-refractivity contribution in [2.24, 2.45) is 0 Å². The van der Waals surface area contributed by atoms with Crippen molar-refractivity contribution in [2.75, 3.05) is 18.5 Å². The Kier molecular flexibility index (Phi) is 13.8. The minimum absolute atomic E-state index is 0. The summed E-state index contributed by atoms with van der Waals surface area (Å²) in [7, 11) is -8.83. The van der Waals surface area contributed by atoms with Gasteiger partial charge in [0.1, 0.15) is 29.4 Å². The number of anilines is 2. The number of aromatic nitrogens is 3. The summed E-state index contributed by atoms with van der Waals surface area (Å²) in [6.07, 6.45) is 1.33. The first-order valence-electron chi connectivity index (χ1n) is 10.3. The fourth-order valence-corrected chi connectivity index (χ4v) is 5.47. The van der Waals surface area contributed by atoms with Crippen LogP contribution in [0, 0.1) is 0 Å². The fourth-order valence-electron chi connectivity index (χ4n) is 3.19. The number of hydrogen-bond donors (Lipinski definition) is 2. The molecule has 0 saturated heterocycles. The van der Waals surface area contributed by atoms with Crippen LogP contribution in [-0.4, -0.2) is 100 Å². The maximum atomic E-state index is 13.4. The molecule has 14 nitrogen and oxygen atoms in total. The van der Waals surface area contributed by atoms with Crippen molar-refractivity contribution in [3.63, 3.8) is 0 Å². The summed E-state index contributed by atoms with van der Waals surface area (Å²) < 4.78 is 47.3. The zero-order chi connectivity index (χ0) is 25.4. The SMILES string of the molecule is CC(C)(C)S(=O)(=O)c1cc2c(Nc3ccc4scnc4c3)ncnc2cc1OCCOP(=O)([O-])O.O.O.O.[Ca+2].[H-]. The number of benzene rings is 2. The average Bonchev–Trinajstić information content (AvgIpc) is 3.23. The van der Waals surface area contributed by atoms with Gasteiger partial charge in [-0.1, -0.05) is 0 Å². The number of rotatable bonds is 8. The van der Waals surface area contributed by atoms with Crippen LogP contribution in [0.25, 0.3) is 21.1 Å². The summed E-state index contributed by atoms with van der Waals surface area (Å²) in [5, 5.41) is 3.64. The summed E-state index contributed by atoms with van der Waals surface area (Å²) in [4.78, 5) is 32.3. The van der Waals surface area contributed by atoms with E-state index >= 15 is 0 Å². The third kappa shape index (κ3) is 8.73. The minimum atomic E-state index is -4.93. The molecule has 0 aliphatic carbocycles. The summed E-state index contributed by atoms with van der Waals surface area (Å²) in [6, 6.07) is 8.53. The van der Waals surface area contributed by atoms with E-state index in [-0.39, 0.29) is 72.8 Å². The van der Waals surface area contributed by atoms with E-state index in [9.17, 15) is 17.9 Å². The van der Waals surface area contributed by atoms with Crippen LogP contribution < -0.4 is 14.9 Å². The normalized spacial score (nSPS) is 12.7. The van der Waals surface area contributed by atoms with Crippen molar-refractivity contribution in [1.29, 1.82) is 0 Å². The second kappa shape index (κ2) is 14.4. The molecule has 0 amide bonds. The molecule has 39 heavy (non-hydrogen) atoms. The van der Waals surface area contributed by atoms with Crippen molar-refractivity contribution in [2.45, 2.75) is 30.4 Å². The van der Waals surface area contributed by atoms with Crippen molar-refractivity contribution < 1.29 is 49.9 Å². The number of sulfone groups is 1. The van der Waals surface area contributed by atoms with Crippen LogP contribution in [0.1, 0.15) is 22.2 Å². The first-order chi connectivity index (χ1) is 16.3. The van der Waals surface area contributed by atoms with E-state index in [4.69, 9.17) is 9.63 Å². The zero-order valence-corrected chi connectivity index (χ0v) is 25.9. The molecule has 212 valence electrons. The molecule has 0 spiro atoms. The van der Waals surface area contributed by atoms with Crippen LogP contribution in [0.3, 0.4) is 0 Å². The maximum Gasteiger partial charge on any atom is 2.00 e. The van der Waals surface area contributed by atoms with Gasteiger partial charge in [0, 0.05) is 17.1 Å². The maximum absolute atomic E-state index is 13.4. The van der Waals surface area contributed by atoms with Gasteiger partial charge in [-0.25, -0.2) is 23.4 Å². The standard InChI is InChI=1S/C21H23N4O7PS2.Ca.3H2O.H/c1-21(2,3)35(29,30)19-9-14-15(10-17(19)31-6-7-32-33(26,27)28)22-11-23-20(14)25-13-4-5-18-16(8-13)24-12-34-18;;;;;/h4-5,8-12H,6-7H2,1-3H3,(H,22,23,25)(H2,26,27,28);;3*1H2;/q;+2;;;;-1/p-1. The van der Waals surface area contributed by atoms with Crippen LogP contribution >= 0.6 is 19.2 Å². The molecule has 4 rings (SSSR count). The molecule has 0 radical (unpaired) electrons. The molecule has 0 saturated carbocycles. The Morgan fingerprint density at radius 1 is 1.08 bits per heavy atom. The van der Waals surface area contributed by atoms with Crippen LogP contribution in [0.2, 0.25) is 0 Å². The molecule has 8 N–H and O–H groups in total. The summed E-state index contributed by atoms with van der Waals surface area (Å²) in [5.74, 6) is 0.362. The van der Waals surface area contributed by atoms with Gasteiger partial charge in [-0.15, -0.1) is 11.3 Å². The molecule has 18 heteroatoms. The van der Waals surface area contributed by atoms with Gasteiger partial charge >= 0.3 is 37.7 Å². The predicted molar refractivity (Wildman–Crippen MR) is 148 cm³/mol. The smallest absolute Gasteiger partial charge is 1.00 e. The van der Waals surface area contributed by atoms with Crippen molar-refractivity contribution in [3.05, 3.63) is 42.2 Å². The number of ether oxygens (including phenoxy) is 1. The molecule has 1 atom stereocenters. The first kappa shape index (κ1) is 37.5. The van der Waals surface area contributed by atoms with E-state index in [0.717, 1.165) is 10.2 Å². The first-order valence-corrected chi connectivity index (χ1v) is 14.2. The average molecular weight is 633 g/mol. The second-order valence-electron chi connectivity index (χ2n) is 8.46. The molecular formula is C21H29CaN4O10PS2. The van der Waals surface area contributed by atoms with Gasteiger partial charge in [-0.2, -0.15) is 0 Å². The van der Waals surface area contributed by atoms with E-state index in [2.05, 4.69) is 24.8 Å². The Morgan fingerprint density at radius 3 is 2.41 bits per heavy atom. The Hall–Kier alpha value is -1.53. The van der Waals surface area contributed by atoms with Crippen LogP contribution in [-0.2, 0) is 18.9 Å². The number of phosphoric acid groups is 1. The van der Waals surface area contributed by atoms with Crippen LogP contribution in [0.4, 0.5) is 11.5 Å². The van der Waals surface area contributed by atoms with E-state index < -0.39 is 29.0 Å². The van der Waals surface area contributed by atoms with Gasteiger partial charge in [0.2, 0.25) is 0 Å². The number of thiazole rings is 1. The van der Waals surface area contributed by atoms with E-state index in [1.165, 1.54) is 29.8 Å². The largest absolute Gasteiger partial charge is 2.00 e. The van der Waals surface area contributed by atoms with Gasteiger partial charge in [0.15, 0.2) is 9.84 Å². The monoisotopic (exact) mass is 632 g/mol. The van der Waals surface area contributed by atoms with Crippen LogP contribution in [0.15, 0.2) is 47.1 Å². The Bertz CT molecular complexity index is 1560. The Balaban J connectivity index is 0. The Labute approximate surface area is 259 Å². The van der Waals surface area contributed by atoms with Gasteiger partial charge < -0.3 is 42.2 Å². The predicted octanol–water partition coefficient (Wildman–Crippen LogP) is 0.669. The van der Waals surface area contributed by atoms with Crippen LogP contribution in [0.5, 0.6) is 5.75 Å². The summed E-state index contributed by atoms with van der Waals surface area (Å²) in [5.41, 5.74) is 3.68. The summed E-state index contributed by atoms with van der Waals surface area (Å²) in [6.45, 7) is 3.85. The zero-order valence-electron chi connectivity index (χ0n) is 22.2. The third-order valence-corrected chi connectivity index (χ3v) is 8.81. The molecule has 0 aliphatic rings. The van der Waals surface area contributed by atoms with Crippen molar-refractivity contribution in [3.8, 4) is 5.75 Å². The quantitative estimate of drug-likeness (QED) is 0.155. The van der Waals surface area contributed by atoms with E-state index in [1.807, 2.05) is 18.2 Å². The third-order valence-electron chi connectivity index (χ3n) is 4.98. The number of phosphoric ester groups is 1. The molecule has 2 aromatic carbocycles. The molecule has 0 aliphatic heterocycles. The number of nitrogens with one attached hydrogen (secondary N) is 1. The molecule has 2 aromatic heterocycles.